The second-order valence-electron chi connectivity index (χ2n) is 2.46. The molecule has 0 amide bonds. The van der Waals surface area contributed by atoms with Crippen LogP contribution < -0.4 is 0 Å². The van der Waals surface area contributed by atoms with Crippen molar-refractivity contribution in [2.45, 2.75) is 11.1 Å². The van der Waals surface area contributed by atoms with Crippen molar-refractivity contribution in [3.05, 3.63) is 16.5 Å². The Morgan fingerprint density at radius 1 is 1.57 bits per heavy atom. The van der Waals surface area contributed by atoms with Crippen LogP contribution in [0.3, 0.4) is 0 Å². The van der Waals surface area contributed by atoms with Crippen molar-refractivity contribution in [3.8, 4) is 0 Å². The second kappa shape index (κ2) is 3.66. The van der Waals surface area contributed by atoms with Gasteiger partial charge in [-0.2, -0.15) is 8.42 Å². The summed E-state index contributed by atoms with van der Waals surface area (Å²) in [4.78, 5) is 11.5. The third-order valence-corrected chi connectivity index (χ3v) is 3.83. The zero-order valence-corrected chi connectivity index (χ0v) is 9.04. The van der Waals surface area contributed by atoms with Crippen LogP contribution in [0, 0.1) is 6.92 Å². The highest BCUT2D eigenvalue weighted by molar-refractivity contribution is 7.88. The molecule has 0 unspecified atom stereocenters. The summed E-state index contributed by atoms with van der Waals surface area (Å²) in [6.07, 6.45) is 0. The first-order chi connectivity index (χ1) is 6.36. The number of methoxy groups -OCH3 is 1. The molecule has 1 heterocycles. The Morgan fingerprint density at radius 3 is 2.50 bits per heavy atom. The molecule has 1 aromatic rings. The predicted molar refractivity (Wildman–Crippen MR) is 48.7 cm³/mol. The number of aryl methyl sites for hydroxylation is 1. The molecular formula is C7H7FO4S2. The Hall–Kier alpha value is -0.950. The van der Waals surface area contributed by atoms with Gasteiger partial charge in [-0.3, -0.25) is 0 Å². The Labute approximate surface area is 84.5 Å². The van der Waals surface area contributed by atoms with Crippen LogP contribution in [-0.4, -0.2) is 21.5 Å². The molecule has 7 heteroatoms. The maximum Gasteiger partial charge on any atom is 0.341 e. The van der Waals surface area contributed by atoms with Crippen molar-refractivity contribution in [2.75, 3.05) is 7.11 Å². The molecule has 0 aliphatic rings. The SMILES string of the molecule is COC(=O)c1cc(S(=O)(=O)F)sc1C. The third-order valence-electron chi connectivity index (χ3n) is 1.54. The van der Waals surface area contributed by atoms with E-state index in [9.17, 15) is 17.1 Å². The average Bonchev–Trinajstić information content (AvgIpc) is 2.45. The topological polar surface area (TPSA) is 60.4 Å². The lowest BCUT2D eigenvalue weighted by Crippen LogP contribution is -2.00. The lowest BCUT2D eigenvalue weighted by molar-refractivity contribution is 0.0600. The summed E-state index contributed by atoms with van der Waals surface area (Å²) >= 11 is 0.701. The van der Waals surface area contributed by atoms with Gasteiger partial charge in [0.2, 0.25) is 0 Å². The van der Waals surface area contributed by atoms with Crippen LogP contribution in [0.2, 0.25) is 0 Å². The Bertz CT molecular complexity index is 460. The van der Waals surface area contributed by atoms with Gasteiger partial charge in [-0.05, 0) is 13.0 Å². The smallest absolute Gasteiger partial charge is 0.341 e. The van der Waals surface area contributed by atoms with Crippen molar-refractivity contribution in [1.29, 1.82) is 0 Å². The van der Waals surface area contributed by atoms with Gasteiger partial charge in [0, 0.05) is 4.88 Å². The first-order valence-corrected chi connectivity index (χ1v) is 5.69. The summed E-state index contributed by atoms with van der Waals surface area (Å²) in [5.41, 5.74) is 0.0775. The first kappa shape index (κ1) is 11.1. The van der Waals surface area contributed by atoms with Gasteiger partial charge in [0.05, 0.1) is 12.7 Å². The number of esters is 1. The molecule has 0 atom stereocenters. The molecule has 1 aromatic heterocycles. The van der Waals surface area contributed by atoms with Gasteiger partial charge in [0.25, 0.3) is 0 Å². The van der Waals surface area contributed by atoms with E-state index in [4.69, 9.17) is 0 Å². The van der Waals surface area contributed by atoms with Gasteiger partial charge in [-0.15, -0.1) is 11.3 Å². The largest absolute Gasteiger partial charge is 0.465 e. The average molecular weight is 238 g/mol. The number of hydrogen-bond donors (Lipinski definition) is 0. The molecule has 4 nitrogen and oxygen atoms in total. The van der Waals surface area contributed by atoms with Crippen LogP contribution >= 0.6 is 11.3 Å². The molecule has 0 spiro atoms. The number of carbonyl (C=O) groups is 1. The van der Waals surface area contributed by atoms with Gasteiger partial charge in [-0.1, -0.05) is 3.89 Å². The van der Waals surface area contributed by atoms with E-state index >= 15 is 0 Å². The highest BCUT2D eigenvalue weighted by Gasteiger charge is 2.21. The van der Waals surface area contributed by atoms with Crippen LogP contribution in [0.4, 0.5) is 3.89 Å². The summed E-state index contributed by atoms with van der Waals surface area (Å²) in [5.74, 6) is -0.673. The number of hydrogen-bond acceptors (Lipinski definition) is 5. The van der Waals surface area contributed by atoms with Gasteiger partial charge in [0.1, 0.15) is 0 Å². The quantitative estimate of drug-likeness (QED) is 0.578. The van der Waals surface area contributed by atoms with E-state index in [0.29, 0.717) is 16.2 Å². The molecule has 0 aromatic carbocycles. The zero-order chi connectivity index (χ0) is 10.9. The Balaban J connectivity index is 3.25. The lowest BCUT2D eigenvalue weighted by Gasteiger charge is -1.94. The minimum Gasteiger partial charge on any atom is -0.465 e. The molecule has 0 fully saturated rings. The Kier molecular flexibility index (Phi) is 2.91. The van der Waals surface area contributed by atoms with Crippen LogP contribution in [0.5, 0.6) is 0 Å². The monoisotopic (exact) mass is 238 g/mol. The van der Waals surface area contributed by atoms with Crippen LogP contribution in [-0.2, 0) is 15.0 Å². The number of thiophene rings is 1. The molecule has 78 valence electrons. The summed E-state index contributed by atoms with van der Waals surface area (Å²) in [6.45, 7) is 1.52. The molecule has 14 heavy (non-hydrogen) atoms. The fourth-order valence-corrected chi connectivity index (χ4v) is 2.65. The number of halogens is 1. The fraction of sp³-hybridized carbons (Fsp3) is 0.286. The van der Waals surface area contributed by atoms with Crippen LogP contribution in [0.15, 0.2) is 10.3 Å². The summed E-state index contributed by atoms with van der Waals surface area (Å²) in [5, 5.41) is 0. The lowest BCUT2D eigenvalue weighted by atomic mass is 10.3. The van der Waals surface area contributed by atoms with Crippen LogP contribution in [0.1, 0.15) is 15.2 Å². The third kappa shape index (κ3) is 2.10. The zero-order valence-electron chi connectivity index (χ0n) is 7.40. The van der Waals surface area contributed by atoms with Crippen molar-refractivity contribution >= 4 is 27.5 Å². The minimum atomic E-state index is -4.74. The second-order valence-corrected chi connectivity index (χ2v) is 5.29. The van der Waals surface area contributed by atoms with Crippen molar-refractivity contribution in [3.63, 3.8) is 0 Å². The first-order valence-electron chi connectivity index (χ1n) is 3.49. The Morgan fingerprint density at radius 2 is 2.14 bits per heavy atom. The van der Waals surface area contributed by atoms with E-state index in [1.807, 2.05) is 0 Å². The molecule has 0 radical (unpaired) electrons. The number of rotatable bonds is 2. The van der Waals surface area contributed by atoms with E-state index in [2.05, 4.69) is 4.74 Å². The molecule has 0 N–H and O–H groups in total. The van der Waals surface area contributed by atoms with E-state index in [-0.39, 0.29) is 5.56 Å². The van der Waals surface area contributed by atoms with Crippen LogP contribution in [0.25, 0.3) is 0 Å². The standard InChI is InChI=1S/C7H7FO4S2/c1-4-5(7(9)12-2)3-6(13-4)14(8,10)11/h3H,1-2H3. The number of carbonyl (C=O) groups excluding carboxylic acids is 1. The molecular weight excluding hydrogens is 231 g/mol. The molecule has 0 aliphatic heterocycles. The van der Waals surface area contributed by atoms with Gasteiger partial charge in [-0.25, -0.2) is 4.79 Å². The fourth-order valence-electron chi connectivity index (χ4n) is 0.888. The minimum absolute atomic E-state index is 0.0775. The highest BCUT2D eigenvalue weighted by atomic mass is 32.3. The predicted octanol–water partition coefficient (Wildman–Crippen LogP) is 1.50. The summed E-state index contributed by atoms with van der Waals surface area (Å²) < 4.78 is 37.4. The van der Waals surface area contributed by atoms with E-state index in [1.54, 1.807) is 0 Å². The molecule has 0 saturated carbocycles. The van der Waals surface area contributed by atoms with Crippen molar-refractivity contribution < 1.29 is 21.8 Å². The van der Waals surface area contributed by atoms with E-state index in [1.165, 1.54) is 14.0 Å². The van der Waals surface area contributed by atoms with E-state index < -0.39 is 20.4 Å². The number of ether oxygens (including phenoxy) is 1. The van der Waals surface area contributed by atoms with E-state index in [0.717, 1.165) is 6.07 Å². The maximum absolute atomic E-state index is 12.5. The summed E-state index contributed by atoms with van der Waals surface area (Å²) in [6, 6.07) is 0.973. The highest BCUT2D eigenvalue weighted by Crippen LogP contribution is 2.27. The molecule has 1 rings (SSSR count). The van der Waals surface area contributed by atoms with Gasteiger partial charge >= 0.3 is 16.2 Å². The molecule has 0 saturated heterocycles. The summed E-state index contributed by atoms with van der Waals surface area (Å²) in [7, 11) is -3.57. The molecule has 0 aliphatic carbocycles. The van der Waals surface area contributed by atoms with Crippen molar-refractivity contribution in [1.82, 2.24) is 0 Å². The van der Waals surface area contributed by atoms with Gasteiger partial charge in [0.15, 0.2) is 4.21 Å². The molecule has 0 bridgehead atoms. The normalized spacial score (nSPS) is 11.4. The van der Waals surface area contributed by atoms with Crippen molar-refractivity contribution in [2.24, 2.45) is 0 Å². The maximum atomic E-state index is 12.5. The van der Waals surface area contributed by atoms with Gasteiger partial charge < -0.3 is 4.74 Å².